The molecule has 0 spiro atoms. The monoisotopic (exact) mass is 287 g/mol. The largest absolute Gasteiger partial charge is 0.478 e. The molecular weight excluding hydrogens is 271 g/mol. The molecule has 0 bridgehead atoms. The molecule has 0 radical (unpaired) electrons. The summed E-state index contributed by atoms with van der Waals surface area (Å²) in [4.78, 5) is 11.1. The van der Waals surface area contributed by atoms with E-state index in [9.17, 15) is 18.0 Å². The minimum Gasteiger partial charge on any atom is -0.478 e. The zero-order valence-corrected chi connectivity index (χ0v) is 11.0. The van der Waals surface area contributed by atoms with Crippen LogP contribution in [0.4, 0.5) is 18.9 Å². The van der Waals surface area contributed by atoms with Crippen molar-refractivity contribution < 1.29 is 23.1 Å². The van der Waals surface area contributed by atoms with E-state index in [1.54, 1.807) is 0 Å². The SMILES string of the molecule is CCCC1CC1Nc1ccc(C(F)(F)F)cc1C(=O)O. The standard InChI is InChI=1S/C14H16F3NO2/c1-2-3-8-6-12(8)18-11-5-4-9(14(15,16)17)7-10(11)13(19)20/h4-5,7-8,12,18H,2-3,6H2,1H3,(H,19,20). The average Bonchev–Trinajstić information content (AvgIpc) is 3.06. The van der Waals surface area contributed by atoms with Gasteiger partial charge < -0.3 is 10.4 Å². The number of aromatic carboxylic acids is 1. The van der Waals surface area contributed by atoms with E-state index in [1.807, 2.05) is 0 Å². The van der Waals surface area contributed by atoms with Crippen molar-refractivity contribution in [3.8, 4) is 0 Å². The van der Waals surface area contributed by atoms with Gasteiger partial charge in [-0.25, -0.2) is 4.79 Å². The van der Waals surface area contributed by atoms with Crippen LogP contribution >= 0.6 is 0 Å². The van der Waals surface area contributed by atoms with Gasteiger partial charge in [0, 0.05) is 11.7 Å². The molecule has 1 aromatic carbocycles. The highest BCUT2D eigenvalue weighted by atomic mass is 19.4. The molecule has 0 heterocycles. The van der Waals surface area contributed by atoms with Crippen molar-refractivity contribution in [1.82, 2.24) is 0 Å². The molecule has 2 rings (SSSR count). The highest BCUT2D eigenvalue weighted by Gasteiger charge is 2.37. The lowest BCUT2D eigenvalue weighted by Gasteiger charge is -2.13. The number of hydrogen-bond donors (Lipinski definition) is 2. The topological polar surface area (TPSA) is 49.3 Å². The smallest absolute Gasteiger partial charge is 0.416 e. The summed E-state index contributed by atoms with van der Waals surface area (Å²) in [6, 6.07) is 2.96. The second-order valence-corrected chi connectivity index (χ2v) is 5.10. The first-order valence-electron chi connectivity index (χ1n) is 6.54. The zero-order chi connectivity index (χ0) is 14.9. The summed E-state index contributed by atoms with van der Waals surface area (Å²) in [5.74, 6) is -0.866. The maximum atomic E-state index is 12.6. The highest BCUT2D eigenvalue weighted by Crippen LogP contribution is 2.39. The minimum atomic E-state index is -4.53. The molecule has 0 aliphatic heterocycles. The first-order chi connectivity index (χ1) is 9.32. The van der Waals surface area contributed by atoms with E-state index in [0.29, 0.717) is 12.0 Å². The lowest BCUT2D eigenvalue weighted by atomic mass is 10.1. The van der Waals surface area contributed by atoms with E-state index in [0.717, 1.165) is 25.3 Å². The summed E-state index contributed by atoms with van der Waals surface area (Å²) in [5.41, 5.74) is -1.02. The zero-order valence-electron chi connectivity index (χ0n) is 11.0. The van der Waals surface area contributed by atoms with Crippen molar-refractivity contribution in [2.24, 2.45) is 5.92 Å². The number of benzene rings is 1. The summed E-state index contributed by atoms with van der Waals surface area (Å²) in [6.45, 7) is 2.07. The molecule has 6 heteroatoms. The second-order valence-electron chi connectivity index (χ2n) is 5.10. The van der Waals surface area contributed by atoms with Crippen LogP contribution in [0.1, 0.15) is 42.1 Å². The Morgan fingerprint density at radius 3 is 2.70 bits per heavy atom. The molecule has 0 aromatic heterocycles. The van der Waals surface area contributed by atoms with Crippen LogP contribution in [0, 0.1) is 5.92 Å². The summed E-state index contributed by atoms with van der Waals surface area (Å²) < 4.78 is 37.8. The third kappa shape index (κ3) is 3.23. The molecule has 0 amide bonds. The van der Waals surface area contributed by atoms with E-state index in [2.05, 4.69) is 12.2 Å². The number of carbonyl (C=O) groups is 1. The molecule has 0 saturated heterocycles. The van der Waals surface area contributed by atoms with Crippen LogP contribution in [0.2, 0.25) is 0 Å². The van der Waals surface area contributed by atoms with Crippen molar-refractivity contribution in [3.05, 3.63) is 29.3 Å². The summed E-state index contributed by atoms with van der Waals surface area (Å²) in [7, 11) is 0. The minimum absolute atomic E-state index is 0.171. The first kappa shape index (κ1) is 14.7. The van der Waals surface area contributed by atoms with Gasteiger partial charge in [0.15, 0.2) is 0 Å². The van der Waals surface area contributed by atoms with Crippen LogP contribution in [0.25, 0.3) is 0 Å². The Bertz CT molecular complexity index is 514. The van der Waals surface area contributed by atoms with Crippen LogP contribution in [0.15, 0.2) is 18.2 Å². The van der Waals surface area contributed by atoms with Gasteiger partial charge in [0.25, 0.3) is 0 Å². The second kappa shape index (κ2) is 5.34. The molecule has 2 N–H and O–H groups in total. The summed E-state index contributed by atoms with van der Waals surface area (Å²) in [6.07, 6.45) is -1.51. The van der Waals surface area contributed by atoms with Gasteiger partial charge in [-0.3, -0.25) is 0 Å². The fraction of sp³-hybridized carbons (Fsp3) is 0.500. The van der Waals surface area contributed by atoms with Crippen molar-refractivity contribution in [2.45, 2.75) is 38.4 Å². The van der Waals surface area contributed by atoms with Gasteiger partial charge in [-0.15, -0.1) is 0 Å². The molecule has 110 valence electrons. The number of carboxylic acids is 1. The van der Waals surface area contributed by atoms with Gasteiger partial charge in [-0.05, 0) is 37.0 Å². The summed E-state index contributed by atoms with van der Waals surface area (Å²) in [5, 5.41) is 12.1. The molecule has 1 saturated carbocycles. The van der Waals surface area contributed by atoms with Crippen LogP contribution in [0.5, 0.6) is 0 Å². The van der Waals surface area contributed by atoms with E-state index >= 15 is 0 Å². The molecule has 1 aromatic rings. The van der Waals surface area contributed by atoms with Crippen molar-refractivity contribution in [3.63, 3.8) is 0 Å². The molecule has 20 heavy (non-hydrogen) atoms. The first-order valence-corrected chi connectivity index (χ1v) is 6.54. The quantitative estimate of drug-likeness (QED) is 0.860. The van der Waals surface area contributed by atoms with Crippen LogP contribution in [0.3, 0.4) is 0 Å². The maximum absolute atomic E-state index is 12.6. The van der Waals surface area contributed by atoms with E-state index in [-0.39, 0.29) is 17.3 Å². The highest BCUT2D eigenvalue weighted by molar-refractivity contribution is 5.94. The van der Waals surface area contributed by atoms with Crippen molar-refractivity contribution in [1.29, 1.82) is 0 Å². The number of alkyl halides is 3. The Morgan fingerprint density at radius 2 is 2.15 bits per heavy atom. The van der Waals surface area contributed by atoms with Gasteiger partial charge in [0.1, 0.15) is 0 Å². The average molecular weight is 287 g/mol. The number of rotatable bonds is 5. The molecule has 2 unspecified atom stereocenters. The third-order valence-electron chi connectivity index (χ3n) is 3.50. The predicted octanol–water partition coefficient (Wildman–Crippen LogP) is 4.00. The maximum Gasteiger partial charge on any atom is 0.416 e. The molecule has 1 fully saturated rings. The van der Waals surface area contributed by atoms with E-state index in [1.165, 1.54) is 6.07 Å². The number of hydrogen-bond acceptors (Lipinski definition) is 2. The Labute approximate surface area is 114 Å². The van der Waals surface area contributed by atoms with Crippen molar-refractivity contribution >= 4 is 11.7 Å². The van der Waals surface area contributed by atoms with Gasteiger partial charge >= 0.3 is 12.1 Å². The third-order valence-corrected chi connectivity index (χ3v) is 3.50. The van der Waals surface area contributed by atoms with Gasteiger partial charge in [0.2, 0.25) is 0 Å². The normalized spacial score (nSPS) is 21.6. The van der Waals surface area contributed by atoms with Gasteiger partial charge in [0.05, 0.1) is 11.1 Å². The summed E-state index contributed by atoms with van der Waals surface area (Å²) >= 11 is 0. The fourth-order valence-electron chi connectivity index (χ4n) is 2.34. The number of carboxylic acid groups (broad SMARTS) is 1. The molecule has 2 atom stereocenters. The van der Waals surface area contributed by atoms with Crippen LogP contribution in [-0.2, 0) is 6.18 Å². The van der Waals surface area contributed by atoms with Crippen molar-refractivity contribution in [2.75, 3.05) is 5.32 Å². The van der Waals surface area contributed by atoms with Gasteiger partial charge in [-0.1, -0.05) is 13.3 Å². The molecule has 1 aliphatic rings. The lowest BCUT2D eigenvalue weighted by molar-refractivity contribution is -0.137. The van der Waals surface area contributed by atoms with Crippen LogP contribution in [-0.4, -0.2) is 17.1 Å². The number of nitrogens with one attached hydrogen (secondary N) is 1. The number of anilines is 1. The molecular formula is C14H16F3NO2. The Hall–Kier alpha value is -1.72. The molecule has 3 nitrogen and oxygen atoms in total. The van der Waals surface area contributed by atoms with Gasteiger partial charge in [-0.2, -0.15) is 13.2 Å². The van der Waals surface area contributed by atoms with E-state index < -0.39 is 17.7 Å². The Balaban J connectivity index is 2.19. The lowest BCUT2D eigenvalue weighted by Crippen LogP contribution is -2.12. The van der Waals surface area contributed by atoms with E-state index in [4.69, 9.17) is 5.11 Å². The molecule has 1 aliphatic carbocycles. The number of halogens is 3. The van der Waals surface area contributed by atoms with Crippen LogP contribution < -0.4 is 5.32 Å². The Kier molecular flexibility index (Phi) is 3.92. The Morgan fingerprint density at radius 1 is 1.45 bits per heavy atom. The predicted molar refractivity (Wildman–Crippen MR) is 68.8 cm³/mol. The fourth-order valence-corrected chi connectivity index (χ4v) is 2.34.